The van der Waals surface area contributed by atoms with Crippen molar-refractivity contribution in [3.8, 4) is 0 Å². The zero-order valence-corrected chi connectivity index (χ0v) is 9.28. The molecule has 5 nitrogen and oxygen atoms in total. The van der Waals surface area contributed by atoms with Crippen molar-refractivity contribution in [3.05, 3.63) is 18.0 Å². The van der Waals surface area contributed by atoms with E-state index in [4.69, 9.17) is 0 Å². The van der Waals surface area contributed by atoms with Crippen molar-refractivity contribution in [2.75, 3.05) is 6.26 Å². The summed E-state index contributed by atoms with van der Waals surface area (Å²) in [6.07, 6.45) is 4.40. The fourth-order valence-corrected chi connectivity index (χ4v) is 1.26. The lowest BCUT2D eigenvalue weighted by Crippen LogP contribution is -2.02. The molecule has 0 aliphatic rings. The number of hydrogen-bond acceptors (Lipinski definition) is 4. The van der Waals surface area contributed by atoms with E-state index in [0.29, 0.717) is 0 Å². The van der Waals surface area contributed by atoms with Gasteiger partial charge in [0.2, 0.25) is 0 Å². The predicted octanol–water partition coefficient (Wildman–Crippen LogP) is 0.940. The smallest absolute Gasteiger partial charge is 0.264 e. The molecule has 0 atom stereocenters. The van der Waals surface area contributed by atoms with Gasteiger partial charge >= 0.3 is 0 Å². The molecule has 0 bridgehead atoms. The summed E-state index contributed by atoms with van der Waals surface area (Å²) in [7, 11) is -3.37. The molecule has 0 radical (unpaired) electrons. The Morgan fingerprint density at radius 3 is 2.64 bits per heavy atom. The summed E-state index contributed by atoms with van der Waals surface area (Å²) in [4.78, 5) is 0. The lowest BCUT2D eigenvalue weighted by Gasteiger charge is -2.03. The molecule has 80 valence electrons. The van der Waals surface area contributed by atoms with Crippen LogP contribution in [0.5, 0.6) is 0 Å². The van der Waals surface area contributed by atoms with E-state index in [1.807, 2.05) is 13.8 Å². The zero-order chi connectivity index (χ0) is 10.8. The van der Waals surface area contributed by atoms with Crippen LogP contribution in [0.1, 0.15) is 25.5 Å². The molecule has 0 aliphatic heterocycles. The van der Waals surface area contributed by atoms with Gasteiger partial charge in [0, 0.05) is 17.8 Å². The zero-order valence-electron chi connectivity index (χ0n) is 8.47. The normalized spacial score (nSPS) is 12.3. The highest BCUT2D eigenvalue weighted by Gasteiger charge is 2.05. The molecule has 0 saturated carbocycles. The topological polar surface area (TPSA) is 61.2 Å². The molecule has 0 saturated heterocycles. The minimum absolute atomic E-state index is 0.0472. The predicted molar refractivity (Wildman–Crippen MR) is 52.2 cm³/mol. The minimum Gasteiger partial charge on any atom is -0.270 e. The molecule has 1 heterocycles. The van der Waals surface area contributed by atoms with Crippen LogP contribution >= 0.6 is 0 Å². The summed E-state index contributed by atoms with van der Waals surface area (Å²) < 4.78 is 27.8. The summed E-state index contributed by atoms with van der Waals surface area (Å²) in [6.45, 7) is 4.04. The van der Waals surface area contributed by atoms with E-state index in [0.717, 1.165) is 11.8 Å². The Hall–Kier alpha value is -0.880. The van der Waals surface area contributed by atoms with E-state index < -0.39 is 10.1 Å². The molecule has 0 aromatic carbocycles. The first-order chi connectivity index (χ1) is 6.38. The van der Waals surface area contributed by atoms with Crippen LogP contribution in [0, 0.1) is 0 Å². The van der Waals surface area contributed by atoms with Gasteiger partial charge in [-0.15, -0.1) is 0 Å². The Kier molecular flexibility index (Phi) is 3.28. The van der Waals surface area contributed by atoms with E-state index in [2.05, 4.69) is 9.28 Å². The van der Waals surface area contributed by atoms with Gasteiger partial charge in [0.05, 0.1) is 19.1 Å². The van der Waals surface area contributed by atoms with Crippen LogP contribution in [-0.2, 0) is 20.9 Å². The second-order valence-corrected chi connectivity index (χ2v) is 5.03. The van der Waals surface area contributed by atoms with E-state index in [-0.39, 0.29) is 12.6 Å². The number of nitrogens with zero attached hydrogens (tertiary/aromatic N) is 2. The van der Waals surface area contributed by atoms with Crippen LogP contribution < -0.4 is 0 Å². The third kappa shape index (κ3) is 3.47. The van der Waals surface area contributed by atoms with Gasteiger partial charge in [-0.05, 0) is 13.8 Å². The van der Waals surface area contributed by atoms with E-state index in [1.54, 1.807) is 17.1 Å². The van der Waals surface area contributed by atoms with Crippen molar-refractivity contribution in [2.24, 2.45) is 0 Å². The fourth-order valence-electron chi connectivity index (χ4n) is 0.909. The van der Waals surface area contributed by atoms with Gasteiger partial charge in [0.25, 0.3) is 10.1 Å². The second kappa shape index (κ2) is 4.10. The van der Waals surface area contributed by atoms with Crippen molar-refractivity contribution in [2.45, 2.75) is 26.5 Å². The van der Waals surface area contributed by atoms with Crippen LogP contribution in [0.3, 0.4) is 0 Å². The first-order valence-corrected chi connectivity index (χ1v) is 6.07. The van der Waals surface area contributed by atoms with Gasteiger partial charge in [-0.25, -0.2) is 0 Å². The maximum absolute atomic E-state index is 10.7. The van der Waals surface area contributed by atoms with Crippen molar-refractivity contribution in [1.82, 2.24) is 9.78 Å². The third-order valence-electron chi connectivity index (χ3n) is 1.62. The van der Waals surface area contributed by atoms with E-state index >= 15 is 0 Å². The lowest BCUT2D eigenvalue weighted by molar-refractivity contribution is 0.311. The van der Waals surface area contributed by atoms with Crippen LogP contribution in [0.4, 0.5) is 0 Å². The minimum atomic E-state index is -3.37. The Morgan fingerprint density at radius 1 is 1.57 bits per heavy atom. The van der Waals surface area contributed by atoms with Gasteiger partial charge < -0.3 is 0 Å². The molecule has 14 heavy (non-hydrogen) atoms. The first kappa shape index (κ1) is 11.2. The number of hydrogen-bond donors (Lipinski definition) is 0. The number of aromatic nitrogens is 2. The summed E-state index contributed by atoms with van der Waals surface area (Å²) in [5.74, 6) is 0. The van der Waals surface area contributed by atoms with Crippen LogP contribution in [0.15, 0.2) is 12.4 Å². The Labute approximate surface area is 83.8 Å². The van der Waals surface area contributed by atoms with Crippen LogP contribution in [0.25, 0.3) is 0 Å². The van der Waals surface area contributed by atoms with Crippen LogP contribution in [0.2, 0.25) is 0 Å². The highest BCUT2D eigenvalue weighted by atomic mass is 32.2. The highest BCUT2D eigenvalue weighted by molar-refractivity contribution is 7.85. The third-order valence-corrected chi connectivity index (χ3v) is 2.17. The van der Waals surface area contributed by atoms with Crippen molar-refractivity contribution in [3.63, 3.8) is 0 Å². The molecule has 0 aliphatic carbocycles. The Bertz CT molecular complexity index is 394. The standard InChI is InChI=1S/C8H14N2O3S/c1-7(2)10-5-8(4-9-10)6-13-14(3,11)12/h4-5,7H,6H2,1-3H3. The maximum Gasteiger partial charge on any atom is 0.264 e. The highest BCUT2D eigenvalue weighted by Crippen LogP contribution is 2.07. The summed E-state index contributed by atoms with van der Waals surface area (Å²) >= 11 is 0. The van der Waals surface area contributed by atoms with Crippen molar-refractivity contribution < 1.29 is 12.6 Å². The van der Waals surface area contributed by atoms with E-state index in [1.165, 1.54) is 0 Å². The Morgan fingerprint density at radius 2 is 2.21 bits per heavy atom. The quantitative estimate of drug-likeness (QED) is 0.706. The number of rotatable bonds is 4. The molecule has 1 aromatic rings. The molecule has 1 aromatic heterocycles. The van der Waals surface area contributed by atoms with Crippen molar-refractivity contribution >= 4 is 10.1 Å². The van der Waals surface area contributed by atoms with Gasteiger partial charge in [0.1, 0.15) is 0 Å². The molecule has 6 heteroatoms. The summed E-state index contributed by atoms with van der Waals surface area (Å²) in [5, 5.41) is 4.06. The molecule has 0 fully saturated rings. The molecule has 0 spiro atoms. The summed E-state index contributed by atoms with van der Waals surface area (Å²) in [6, 6.07) is 0.266. The molecule has 0 N–H and O–H groups in total. The molecule has 0 amide bonds. The average molecular weight is 218 g/mol. The monoisotopic (exact) mass is 218 g/mol. The van der Waals surface area contributed by atoms with Gasteiger partial charge in [0.15, 0.2) is 0 Å². The SMILES string of the molecule is CC(C)n1cc(COS(C)(=O)=O)cn1. The van der Waals surface area contributed by atoms with Crippen LogP contribution in [-0.4, -0.2) is 24.5 Å². The molecule has 0 unspecified atom stereocenters. The molecular formula is C8H14N2O3S. The fraction of sp³-hybridized carbons (Fsp3) is 0.625. The first-order valence-electron chi connectivity index (χ1n) is 4.26. The average Bonchev–Trinajstić information content (AvgIpc) is 2.47. The van der Waals surface area contributed by atoms with Gasteiger partial charge in [-0.1, -0.05) is 0 Å². The van der Waals surface area contributed by atoms with Gasteiger partial charge in [-0.3, -0.25) is 8.86 Å². The Balaban J connectivity index is 2.61. The van der Waals surface area contributed by atoms with E-state index in [9.17, 15) is 8.42 Å². The molecular weight excluding hydrogens is 204 g/mol. The lowest BCUT2D eigenvalue weighted by atomic mass is 10.4. The summed E-state index contributed by atoms with van der Waals surface area (Å²) in [5.41, 5.74) is 0.754. The van der Waals surface area contributed by atoms with Gasteiger partial charge in [-0.2, -0.15) is 13.5 Å². The van der Waals surface area contributed by atoms with Crippen molar-refractivity contribution in [1.29, 1.82) is 0 Å². The largest absolute Gasteiger partial charge is 0.270 e. The second-order valence-electron chi connectivity index (χ2n) is 3.39. The molecule has 1 rings (SSSR count). The maximum atomic E-state index is 10.7.